The van der Waals surface area contributed by atoms with Crippen molar-refractivity contribution in [3.8, 4) is 17.0 Å². The maximum Gasteiger partial charge on any atom is 0.196 e. The Kier molecular flexibility index (Phi) is 1.99. The van der Waals surface area contributed by atoms with E-state index in [4.69, 9.17) is 18.1 Å². The molecule has 0 amide bonds. The first kappa shape index (κ1) is 9.98. The van der Waals surface area contributed by atoms with Crippen LogP contribution in [0.2, 0.25) is 0 Å². The molecule has 0 aliphatic heterocycles. The molecule has 0 fully saturated rings. The number of fused-ring (bicyclic) bond motifs is 1. The van der Waals surface area contributed by atoms with Crippen LogP contribution in [0, 0.1) is 4.77 Å². The molecule has 5 N–H and O–H groups in total. The Hall–Kier alpha value is -2.21. The molecular weight excluding hydrogens is 236 g/mol. The highest BCUT2D eigenvalue weighted by molar-refractivity contribution is 7.71. The highest BCUT2D eigenvalue weighted by atomic mass is 32.1. The number of nitrogens with two attached hydrogens (primary N) is 1. The summed E-state index contributed by atoms with van der Waals surface area (Å²) in [7, 11) is 0. The second-order valence-corrected chi connectivity index (χ2v) is 4.17. The molecule has 0 spiro atoms. The van der Waals surface area contributed by atoms with E-state index in [0.29, 0.717) is 4.77 Å². The van der Waals surface area contributed by atoms with Crippen LogP contribution in [0.4, 0.5) is 0 Å². The number of aromatic nitrogens is 3. The predicted molar refractivity (Wildman–Crippen MR) is 68.7 cm³/mol. The Morgan fingerprint density at radius 1 is 1.35 bits per heavy atom. The van der Waals surface area contributed by atoms with Crippen LogP contribution in [-0.2, 0) is 0 Å². The van der Waals surface area contributed by atoms with Crippen molar-refractivity contribution >= 4 is 23.1 Å². The number of phenolic OH excluding ortho intramolecular Hbond substituents is 1. The van der Waals surface area contributed by atoms with Gasteiger partial charge in [0.2, 0.25) is 0 Å². The molecule has 6 heteroatoms. The molecule has 0 unspecified atom stereocenters. The molecule has 0 saturated carbocycles. The molecule has 1 aromatic carbocycles. The molecule has 0 radical (unpaired) electrons. The lowest BCUT2D eigenvalue weighted by Crippen LogP contribution is -2.05. The zero-order valence-electron chi connectivity index (χ0n) is 8.77. The zero-order valence-corrected chi connectivity index (χ0v) is 9.58. The van der Waals surface area contributed by atoms with Gasteiger partial charge in [-0.3, -0.25) is 0 Å². The summed E-state index contributed by atoms with van der Waals surface area (Å²) in [5.41, 5.74) is 2.47. The fraction of sp³-hybridized carbons (Fsp3) is 0. The van der Waals surface area contributed by atoms with E-state index < -0.39 is 0 Å². The molecule has 2 heterocycles. The summed E-state index contributed by atoms with van der Waals surface area (Å²) in [6, 6.07) is 5.33. The number of hydrogen-bond donors (Lipinski definition) is 4. The van der Waals surface area contributed by atoms with Gasteiger partial charge in [-0.05, 0) is 24.4 Å². The Morgan fingerprint density at radius 2 is 2.18 bits per heavy atom. The van der Waals surface area contributed by atoms with Crippen molar-refractivity contribution < 1.29 is 5.11 Å². The van der Waals surface area contributed by atoms with Gasteiger partial charge in [-0.2, -0.15) is 0 Å². The van der Waals surface area contributed by atoms with Crippen LogP contribution in [0.5, 0.6) is 5.75 Å². The lowest BCUT2D eigenvalue weighted by Gasteiger charge is -1.97. The number of imidazole rings is 1. The van der Waals surface area contributed by atoms with Gasteiger partial charge >= 0.3 is 0 Å². The SMILES string of the molecule is Nn1cc(-c2c[nH]c3cccc(O)c23)[nH]c1=S. The summed E-state index contributed by atoms with van der Waals surface area (Å²) in [5.74, 6) is 5.86. The number of hydrogen-bond acceptors (Lipinski definition) is 3. The quantitative estimate of drug-likeness (QED) is 0.392. The lowest BCUT2D eigenvalue weighted by atomic mass is 10.1. The smallest absolute Gasteiger partial charge is 0.196 e. The van der Waals surface area contributed by atoms with Gasteiger partial charge in [0.05, 0.1) is 17.3 Å². The van der Waals surface area contributed by atoms with E-state index in [2.05, 4.69) is 9.97 Å². The summed E-state index contributed by atoms with van der Waals surface area (Å²) < 4.78 is 1.77. The number of H-pyrrole nitrogens is 2. The molecule has 2 aromatic heterocycles. The number of aromatic hydroxyl groups is 1. The van der Waals surface area contributed by atoms with Gasteiger partial charge in [0.25, 0.3) is 0 Å². The third kappa shape index (κ3) is 1.42. The van der Waals surface area contributed by atoms with Gasteiger partial charge in [0.1, 0.15) is 5.75 Å². The topological polar surface area (TPSA) is 82.8 Å². The van der Waals surface area contributed by atoms with Gasteiger partial charge in [0, 0.05) is 17.3 Å². The maximum absolute atomic E-state index is 9.88. The number of benzene rings is 1. The van der Waals surface area contributed by atoms with Crippen molar-refractivity contribution in [2.24, 2.45) is 0 Å². The normalized spacial score (nSPS) is 11.1. The van der Waals surface area contributed by atoms with Gasteiger partial charge in [-0.15, -0.1) is 0 Å². The van der Waals surface area contributed by atoms with Crippen LogP contribution in [0.15, 0.2) is 30.6 Å². The molecule has 3 rings (SSSR count). The van der Waals surface area contributed by atoms with Crippen molar-refractivity contribution in [3.05, 3.63) is 35.4 Å². The molecule has 3 aromatic rings. The van der Waals surface area contributed by atoms with Gasteiger partial charge < -0.3 is 20.9 Å². The minimum Gasteiger partial charge on any atom is -0.507 e. The van der Waals surface area contributed by atoms with Crippen LogP contribution < -0.4 is 5.84 Å². The first-order chi connectivity index (χ1) is 8.16. The molecule has 5 nitrogen and oxygen atoms in total. The number of nitrogen functional groups attached to an aromatic ring is 1. The number of aromatic amines is 2. The summed E-state index contributed by atoms with van der Waals surface area (Å²) in [6.45, 7) is 0. The average molecular weight is 246 g/mol. The van der Waals surface area contributed by atoms with E-state index in [1.54, 1.807) is 18.3 Å². The molecule has 17 heavy (non-hydrogen) atoms. The van der Waals surface area contributed by atoms with E-state index >= 15 is 0 Å². The van der Waals surface area contributed by atoms with E-state index in [1.807, 2.05) is 12.3 Å². The summed E-state index contributed by atoms with van der Waals surface area (Å²) in [5, 5.41) is 10.6. The first-order valence-electron chi connectivity index (χ1n) is 5.03. The molecule has 0 atom stereocenters. The van der Waals surface area contributed by atoms with Crippen molar-refractivity contribution in [1.82, 2.24) is 14.6 Å². The first-order valence-corrected chi connectivity index (χ1v) is 5.44. The summed E-state index contributed by atoms with van der Waals surface area (Å²) >= 11 is 5.01. The minimum atomic E-state index is 0.225. The summed E-state index contributed by atoms with van der Waals surface area (Å²) in [6.07, 6.45) is 3.50. The molecule has 0 saturated heterocycles. The third-order valence-electron chi connectivity index (χ3n) is 2.72. The Morgan fingerprint density at radius 3 is 2.88 bits per heavy atom. The Bertz CT molecular complexity index is 752. The predicted octanol–water partition coefficient (Wildman–Crippen LogP) is 2.11. The van der Waals surface area contributed by atoms with Crippen molar-refractivity contribution in [2.45, 2.75) is 0 Å². The Labute approximate surface area is 101 Å². The highest BCUT2D eigenvalue weighted by Gasteiger charge is 2.11. The van der Waals surface area contributed by atoms with Gasteiger partial charge in [-0.1, -0.05) is 6.07 Å². The third-order valence-corrected chi connectivity index (χ3v) is 3.03. The van der Waals surface area contributed by atoms with Crippen LogP contribution in [0.3, 0.4) is 0 Å². The van der Waals surface area contributed by atoms with Crippen molar-refractivity contribution in [3.63, 3.8) is 0 Å². The molecule has 86 valence electrons. The lowest BCUT2D eigenvalue weighted by molar-refractivity contribution is 0.482. The number of nitrogens with one attached hydrogen (secondary N) is 2. The largest absolute Gasteiger partial charge is 0.507 e. The van der Waals surface area contributed by atoms with Crippen LogP contribution >= 0.6 is 12.2 Å². The number of nitrogens with zero attached hydrogens (tertiary/aromatic N) is 1. The van der Waals surface area contributed by atoms with E-state index in [-0.39, 0.29) is 5.75 Å². The fourth-order valence-corrected chi connectivity index (χ4v) is 2.09. The standard InChI is InChI=1S/C11H10N4OS/c12-15-5-8(14-11(15)17)6-4-13-7-2-1-3-9(16)10(6)7/h1-5,13,16H,12H2,(H,14,17). The molecule has 0 bridgehead atoms. The van der Waals surface area contributed by atoms with Crippen molar-refractivity contribution in [2.75, 3.05) is 5.84 Å². The van der Waals surface area contributed by atoms with Crippen LogP contribution in [-0.4, -0.2) is 19.8 Å². The maximum atomic E-state index is 9.88. The molecule has 0 aliphatic rings. The average Bonchev–Trinajstić information content (AvgIpc) is 2.85. The van der Waals surface area contributed by atoms with E-state index in [9.17, 15) is 5.11 Å². The van der Waals surface area contributed by atoms with Gasteiger partial charge in [-0.25, -0.2) is 4.68 Å². The number of phenols is 1. The summed E-state index contributed by atoms with van der Waals surface area (Å²) in [4.78, 5) is 6.08. The second kappa shape index (κ2) is 3.39. The molecule has 0 aliphatic carbocycles. The second-order valence-electron chi connectivity index (χ2n) is 3.78. The minimum absolute atomic E-state index is 0.225. The fourth-order valence-electron chi connectivity index (χ4n) is 1.92. The zero-order chi connectivity index (χ0) is 12.0. The molecular formula is C11H10N4OS. The highest BCUT2D eigenvalue weighted by Crippen LogP contribution is 2.33. The van der Waals surface area contributed by atoms with E-state index in [1.165, 1.54) is 4.68 Å². The van der Waals surface area contributed by atoms with Crippen molar-refractivity contribution in [1.29, 1.82) is 0 Å². The number of rotatable bonds is 1. The van der Waals surface area contributed by atoms with Crippen LogP contribution in [0.25, 0.3) is 22.2 Å². The Balaban J connectivity index is 2.34. The van der Waals surface area contributed by atoms with Crippen LogP contribution in [0.1, 0.15) is 0 Å². The van der Waals surface area contributed by atoms with Gasteiger partial charge in [0.15, 0.2) is 4.77 Å². The van der Waals surface area contributed by atoms with E-state index in [0.717, 1.165) is 22.2 Å². The monoisotopic (exact) mass is 246 g/mol.